The van der Waals surface area contributed by atoms with Crippen molar-refractivity contribution in [2.24, 2.45) is 0 Å². The number of carbonyl (C=O) groups excluding carboxylic acids is 1. The van der Waals surface area contributed by atoms with Gasteiger partial charge >= 0.3 is 0 Å². The molecule has 1 aliphatic rings. The fourth-order valence-electron chi connectivity index (χ4n) is 1.44. The summed E-state index contributed by atoms with van der Waals surface area (Å²) in [5.41, 5.74) is 0. The summed E-state index contributed by atoms with van der Waals surface area (Å²) in [6, 6.07) is 3.47. The fraction of sp³-hybridized carbons (Fsp3) is 0.333. The van der Waals surface area contributed by atoms with Crippen molar-refractivity contribution in [1.29, 1.82) is 0 Å². The van der Waals surface area contributed by atoms with E-state index >= 15 is 0 Å². The van der Waals surface area contributed by atoms with Gasteiger partial charge in [0.2, 0.25) is 5.91 Å². The third kappa shape index (κ3) is 2.34. The minimum atomic E-state index is 0.0820. The summed E-state index contributed by atoms with van der Waals surface area (Å²) in [5.74, 6) is 0.719. The summed E-state index contributed by atoms with van der Waals surface area (Å²) in [6.07, 6.45) is 0.516. The molecular weight excluding hydrogens is 347 g/mol. The van der Waals surface area contributed by atoms with Crippen LogP contribution in [0.3, 0.4) is 0 Å². The molecule has 1 aromatic rings. The second-order valence-corrected chi connectivity index (χ2v) is 5.70. The Morgan fingerprint density at radius 2 is 2.27 bits per heavy atom. The van der Waals surface area contributed by atoms with Gasteiger partial charge in [-0.2, -0.15) is 0 Å². The van der Waals surface area contributed by atoms with E-state index in [-0.39, 0.29) is 10.7 Å². The van der Waals surface area contributed by atoms with Gasteiger partial charge in [-0.1, -0.05) is 27.5 Å². The highest BCUT2D eigenvalue weighted by atomic mass is 79.9. The number of aromatic nitrogens is 1. The van der Waals surface area contributed by atoms with Gasteiger partial charge in [0, 0.05) is 17.8 Å². The lowest BCUT2D eigenvalue weighted by molar-refractivity contribution is -0.117. The minimum absolute atomic E-state index is 0.0820. The van der Waals surface area contributed by atoms with Crippen LogP contribution in [0.5, 0.6) is 0 Å². The zero-order valence-corrected chi connectivity index (χ0v) is 11.5. The summed E-state index contributed by atoms with van der Waals surface area (Å²) in [6.45, 7) is 0.653. The molecule has 2 rings (SSSR count). The first kappa shape index (κ1) is 11.4. The Morgan fingerprint density at radius 3 is 2.80 bits per heavy atom. The minimum Gasteiger partial charge on any atom is -0.296 e. The molecule has 80 valence electrons. The average molecular weight is 354 g/mol. The van der Waals surface area contributed by atoms with Gasteiger partial charge in [-0.3, -0.25) is 9.69 Å². The van der Waals surface area contributed by atoms with Crippen LogP contribution in [0.4, 0.5) is 5.82 Å². The zero-order chi connectivity index (χ0) is 11.0. The van der Waals surface area contributed by atoms with Crippen molar-refractivity contribution in [1.82, 2.24) is 4.98 Å². The maximum absolute atomic E-state index is 11.6. The molecule has 0 N–H and O–H groups in total. The maximum atomic E-state index is 11.6. The molecule has 15 heavy (non-hydrogen) atoms. The number of pyridine rings is 1. The third-order valence-electron chi connectivity index (χ3n) is 2.14. The normalized spacial score (nSPS) is 21.1. The summed E-state index contributed by atoms with van der Waals surface area (Å²) >= 11 is 12.5. The fourth-order valence-corrected chi connectivity index (χ4v) is 2.43. The van der Waals surface area contributed by atoms with Crippen LogP contribution in [0.25, 0.3) is 0 Å². The number of alkyl halides is 1. The zero-order valence-electron chi connectivity index (χ0n) is 7.58. The van der Waals surface area contributed by atoms with Crippen LogP contribution < -0.4 is 4.90 Å². The van der Waals surface area contributed by atoms with E-state index in [0.717, 1.165) is 0 Å². The van der Waals surface area contributed by atoms with Gasteiger partial charge in [-0.25, -0.2) is 4.98 Å². The number of carbonyl (C=O) groups is 1. The van der Waals surface area contributed by atoms with E-state index in [1.54, 1.807) is 17.0 Å². The topological polar surface area (TPSA) is 33.2 Å². The molecule has 1 aliphatic heterocycles. The SMILES string of the molecule is O=C1CC(Br)CN1c1ccc(Cl)c(Br)n1. The van der Waals surface area contributed by atoms with E-state index in [4.69, 9.17) is 11.6 Å². The second-order valence-electron chi connectivity index (χ2n) is 3.25. The Labute approximate surface area is 109 Å². The van der Waals surface area contributed by atoms with Gasteiger partial charge in [0.1, 0.15) is 10.4 Å². The predicted molar refractivity (Wildman–Crippen MR) is 66.6 cm³/mol. The van der Waals surface area contributed by atoms with E-state index in [2.05, 4.69) is 36.8 Å². The summed E-state index contributed by atoms with van der Waals surface area (Å²) < 4.78 is 0.562. The number of nitrogens with zero attached hydrogens (tertiary/aromatic N) is 2. The molecular formula is C9H7Br2ClN2O. The highest BCUT2D eigenvalue weighted by Gasteiger charge is 2.29. The van der Waals surface area contributed by atoms with Crippen LogP contribution in [0.1, 0.15) is 6.42 Å². The number of amides is 1. The quantitative estimate of drug-likeness (QED) is 0.574. The molecule has 0 aromatic carbocycles. The maximum Gasteiger partial charge on any atom is 0.229 e. The molecule has 1 unspecified atom stereocenters. The van der Waals surface area contributed by atoms with Gasteiger partial charge in [0.15, 0.2) is 0 Å². The molecule has 0 bridgehead atoms. The van der Waals surface area contributed by atoms with Gasteiger partial charge in [-0.05, 0) is 28.1 Å². The lowest BCUT2D eigenvalue weighted by Gasteiger charge is -2.14. The standard InChI is InChI=1S/C9H7Br2ClN2O/c10-5-3-8(15)14(4-5)7-2-1-6(12)9(11)13-7/h1-2,5H,3-4H2. The first-order chi connectivity index (χ1) is 7.08. The molecule has 1 aromatic heterocycles. The molecule has 0 radical (unpaired) electrons. The van der Waals surface area contributed by atoms with Crippen LogP contribution in [0.2, 0.25) is 5.02 Å². The molecule has 0 spiro atoms. The van der Waals surface area contributed by atoms with Crippen LogP contribution in [-0.4, -0.2) is 22.3 Å². The lowest BCUT2D eigenvalue weighted by Crippen LogP contribution is -2.25. The summed E-state index contributed by atoms with van der Waals surface area (Å²) in [5, 5.41) is 0.542. The van der Waals surface area contributed by atoms with Gasteiger partial charge in [-0.15, -0.1) is 0 Å². The Balaban J connectivity index is 2.30. The Morgan fingerprint density at radius 1 is 1.53 bits per heavy atom. The van der Waals surface area contributed by atoms with Crippen molar-refractivity contribution >= 4 is 55.2 Å². The third-order valence-corrected chi connectivity index (χ3v) is 3.89. The van der Waals surface area contributed by atoms with Gasteiger partial charge in [0.25, 0.3) is 0 Å². The first-order valence-corrected chi connectivity index (χ1v) is 6.43. The van der Waals surface area contributed by atoms with Crippen LogP contribution in [-0.2, 0) is 4.79 Å². The summed E-state index contributed by atoms with van der Waals surface area (Å²) in [4.78, 5) is 17.7. The Hall–Kier alpha value is -0.130. The van der Waals surface area contributed by atoms with E-state index in [0.29, 0.717) is 28.4 Å². The Bertz CT molecular complexity index is 413. The molecule has 3 nitrogen and oxygen atoms in total. The molecule has 1 fully saturated rings. The van der Waals surface area contributed by atoms with E-state index in [1.807, 2.05) is 0 Å². The van der Waals surface area contributed by atoms with E-state index in [1.165, 1.54) is 0 Å². The van der Waals surface area contributed by atoms with Gasteiger partial charge in [0.05, 0.1) is 5.02 Å². The molecule has 6 heteroatoms. The molecule has 2 heterocycles. The number of halogens is 3. The monoisotopic (exact) mass is 352 g/mol. The van der Waals surface area contributed by atoms with Crippen molar-refractivity contribution in [3.05, 3.63) is 21.8 Å². The largest absolute Gasteiger partial charge is 0.296 e. The first-order valence-electron chi connectivity index (χ1n) is 4.34. The number of hydrogen-bond acceptors (Lipinski definition) is 2. The Kier molecular flexibility index (Phi) is 3.33. The lowest BCUT2D eigenvalue weighted by atomic mass is 10.4. The average Bonchev–Trinajstić information content (AvgIpc) is 2.50. The van der Waals surface area contributed by atoms with Crippen LogP contribution in [0, 0.1) is 0 Å². The summed E-state index contributed by atoms with van der Waals surface area (Å²) in [7, 11) is 0. The van der Waals surface area contributed by atoms with Crippen molar-refractivity contribution in [3.8, 4) is 0 Å². The van der Waals surface area contributed by atoms with Crippen molar-refractivity contribution in [2.45, 2.75) is 11.2 Å². The van der Waals surface area contributed by atoms with E-state index < -0.39 is 0 Å². The smallest absolute Gasteiger partial charge is 0.229 e. The molecule has 0 aliphatic carbocycles. The van der Waals surface area contributed by atoms with Crippen molar-refractivity contribution in [3.63, 3.8) is 0 Å². The van der Waals surface area contributed by atoms with Crippen molar-refractivity contribution < 1.29 is 4.79 Å². The molecule has 0 saturated carbocycles. The van der Waals surface area contributed by atoms with E-state index in [9.17, 15) is 4.79 Å². The highest BCUT2D eigenvalue weighted by Crippen LogP contribution is 2.27. The second kappa shape index (κ2) is 4.39. The molecule has 1 atom stereocenters. The molecule has 1 saturated heterocycles. The number of hydrogen-bond donors (Lipinski definition) is 0. The van der Waals surface area contributed by atoms with Crippen LogP contribution in [0.15, 0.2) is 16.7 Å². The predicted octanol–water partition coefficient (Wildman–Crippen LogP) is 3.00. The molecule has 1 amide bonds. The van der Waals surface area contributed by atoms with Crippen LogP contribution >= 0.6 is 43.5 Å². The number of anilines is 1. The number of rotatable bonds is 1. The van der Waals surface area contributed by atoms with Crippen molar-refractivity contribution in [2.75, 3.05) is 11.4 Å². The highest BCUT2D eigenvalue weighted by molar-refractivity contribution is 9.10. The van der Waals surface area contributed by atoms with Gasteiger partial charge < -0.3 is 0 Å².